The van der Waals surface area contributed by atoms with Crippen LogP contribution in [0.5, 0.6) is 0 Å². The molecule has 2 aromatic rings. The van der Waals surface area contributed by atoms with Gasteiger partial charge in [0, 0.05) is 18.7 Å². The van der Waals surface area contributed by atoms with E-state index in [0.717, 1.165) is 37.3 Å². The molecule has 3 N–H and O–H groups in total. The quantitative estimate of drug-likeness (QED) is 0.769. The van der Waals surface area contributed by atoms with E-state index in [4.69, 9.17) is 5.73 Å². The van der Waals surface area contributed by atoms with Gasteiger partial charge in [0.05, 0.1) is 28.1 Å². The number of rotatable bonds is 4. The number of anilines is 2. The fraction of sp³-hybridized carbons (Fsp3) is 0.238. The van der Waals surface area contributed by atoms with Gasteiger partial charge >= 0.3 is 5.97 Å². The summed E-state index contributed by atoms with van der Waals surface area (Å²) in [7, 11) is 0. The molecule has 1 fully saturated rings. The maximum atomic E-state index is 13.1. The third kappa shape index (κ3) is 3.12. The van der Waals surface area contributed by atoms with Crippen LogP contribution in [0.2, 0.25) is 0 Å². The van der Waals surface area contributed by atoms with E-state index in [0.29, 0.717) is 5.69 Å². The molecule has 0 radical (unpaired) electrons. The fourth-order valence-corrected chi connectivity index (χ4v) is 3.85. The molecule has 0 saturated carbocycles. The second-order valence-corrected chi connectivity index (χ2v) is 7.13. The number of carboxylic acids is 1. The molecule has 0 aliphatic carbocycles. The standard InChI is InChI=1S/C21H19N3O5/c22-18(25)12-5-7-16(23-8-2-1-3-9-23)17(11-12)24-19(26)14-6-4-13(21(28)29)10-15(14)20(24)27/h4-7,10-11H,1-3,8-9H2,(H2,22,25)(H,28,29). The largest absolute Gasteiger partial charge is 0.478 e. The van der Waals surface area contributed by atoms with E-state index in [-0.39, 0.29) is 27.9 Å². The van der Waals surface area contributed by atoms with Crippen LogP contribution in [-0.2, 0) is 0 Å². The summed E-state index contributed by atoms with van der Waals surface area (Å²) in [6.07, 6.45) is 3.08. The number of carboxylic acid groups (broad SMARTS) is 1. The van der Waals surface area contributed by atoms with Crippen LogP contribution in [-0.4, -0.2) is 41.9 Å². The molecule has 2 aliphatic rings. The first-order valence-corrected chi connectivity index (χ1v) is 9.33. The normalized spacial score (nSPS) is 16.1. The minimum atomic E-state index is -1.18. The van der Waals surface area contributed by atoms with Crippen LogP contribution in [0.25, 0.3) is 0 Å². The Bertz CT molecular complexity index is 1060. The molecular formula is C21H19N3O5. The monoisotopic (exact) mass is 393 g/mol. The molecule has 0 atom stereocenters. The van der Waals surface area contributed by atoms with Gasteiger partial charge in [-0.2, -0.15) is 0 Å². The number of imide groups is 1. The molecule has 8 nitrogen and oxygen atoms in total. The van der Waals surface area contributed by atoms with Crippen LogP contribution in [0.1, 0.15) is 60.7 Å². The second kappa shape index (κ2) is 7.05. The van der Waals surface area contributed by atoms with Crippen molar-refractivity contribution in [3.05, 3.63) is 58.7 Å². The lowest BCUT2D eigenvalue weighted by molar-refractivity contribution is 0.0696. The number of benzene rings is 2. The Morgan fingerprint density at radius 3 is 2.14 bits per heavy atom. The van der Waals surface area contributed by atoms with Crippen molar-refractivity contribution in [2.45, 2.75) is 19.3 Å². The smallest absolute Gasteiger partial charge is 0.335 e. The van der Waals surface area contributed by atoms with Gasteiger partial charge < -0.3 is 15.7 Å². The highest BCUT2D eigenvalue weighted by Crippen LogP contribution is 2.37. The first-order chi connectivity index (χ1) is 13.9. The molecule has 0 spiro atoms. The molecule has 0 aromatic heterocycles. The van der Waals surface area contributed by atoms with Crippen molar-refractivity contribution in [2.75, 3.05) is 22.9 Å². The Labute approximate surface area is 166 Å². The number of hydrogen-bond donors (Lipinski definition) is 2. The van der Waals surface area contributed by atoms with Crippen molar-refractivity contribution < 1.29 is 24.3 Å². The first kappa shape index (κ1) is 18.7. The summed E-state index contributed by atoms with van der Waals surface area (Å²) >= 11 is 0. The van der Waals surface area contributed by atoms with Crippen molar-refractivity contribution in [3.8, 4) is 0 Å². The minimum Gasteiger partial charge on any atom is -0.478 e. The summed E-state index contributed by atoms with van der Waals surface area (Å²) in [5, 5.41) is 9.20. The van der Waals surface area contributed by atoms with E-state index < -0.39 is 23.7 Å². The predicted molar refractivity (Wildman–Crippen MR) is 106 cm³/mol. The van der Waals surface area contributed by atoms with Gasteiger partial charge in [-0.05, 0) is 55.7 Å². The number of nitrogens with zero attached hydrogens (tertiary/aromatic N) is 2. The van der Waals surface area contributed by atoms with Gasteiger partial charge in [0.1, 0.15) is 0 Å². The van der Waals surface area contributed by atoms with Gasteiger partial charge in [-0.25, -0.2) is 9.69 Å². The summed E-state index contributed by atoms with van der Waals surface area (Å²) in [4.78, 5) is 52.2. The van der Waals surface area contributed by atoms with Crippen molar-refractivity contribution in [2.24, 2.45) is 5.73 Å². The summed E-state index contributed by atoms with van der Waals surface area (Å²) in [6, 6.07) is 8.57. The van der Waals surface area contributed by atoms with Gasteiger partial charge in [-0.15, -0.1) is 0 Å². The van der Waals surface area contributed by atoms with E-state index >= 15 is 0 Å². The topological polar surface area (TPSA) is 121 Å². The average molecular weight is 393 g/mol. The molecule has 29 heavy (non-hydrogen) atoms. The van der Waals surface area contributed by atoms with Crippen molar-refractivity contribution in [1.82, 2.24) is 0 Å². The lowest BCUT2D eigenvalue weighted by Gasteiger charge is -2.32. The van der Waals surface area contributed by atoms with Crippen LogP contribution in [0.15, 0.2) is 36.4 Å². The Morgan fingerprint density at radius 2 is 1.48 bits per heavy atom. The van der Waals surface area contributed by atoms with Crippen LogP contribution >= 0.6 is 0 Å². The predicted octanol–water partition coefficient (Wildman–Crippen LogP) is 2.27. The van der Waals surface area contributed by atoms with Gasteiger partial charge in [0.15, 0.2) is 0 Å². The van der Waals surface area contributed by atoms with Crippen molar-refractivity contribution in [3.63, 3.8) is 0 Å². The molecule has 148 valence electrons. The fourth-order valence-electron chi connectivity index (χ4n) is 3.85. The number of aromatic carboxylic acids is 1. The summed E-state index contributed by atoms with van der Waals surface area (Å²) in [5.74, 6) is -3.02. The zero-order valence-corrected chi connectivity index (χ0v) is 15.6. The third-order valence-electron chi connectivity index (χ3n) is 5.33. The van der Waals surface area contributed by atoms with Gasteiger partial charge in [-0.1, -0.05) is 0 Å². The Morgan fingerprint density at radius 1 is 0.828 bits per heavy atom. The SMILES string of the molecule is NC(=O)c1ccc(N2CCCCC2)c(N2C(=O)c3ccc(C(=O)O)cc3C2=O)c1. The van der Waals surface area contributed by atoms with Crippen molar-refractivity contribution in [1.29, 1.82) is 0 Å². The van der Waals surface area contributed by atoms with Crippen LogP contribution in [0.3, 0.4) is 0 Å². The number of fused-ring (bicyclic) bond motifs is 1. The highest BCUT2D eigenvalue weighted by Gasteiger charge is 2.39. The molecule has 1 saturated heterocycles. The molecule has 8 heteroatoms. The lowest BCUT2D eigenvalue weighted by Crippen LogP contribution is -2.35. The van der Waals surface area contributed by atoms with Gasteiger partial charge in [-0.3, -0.25) is 14.4 Å². The zero-order chi connectivity index (χ0) is 20.7. The molecular weight excluding hydrogens is 374 g/mol. The molecule has 3 amide bonds. The van der Waals surface area contributed by atoms with E-state index in [1.54, 1.807) is 12.1 Å². The maximum absolute atomic E-state index is 13.1. The van der Waals surface area contributed by atoms with E-state index in [9.17, 15) is 24.3 Å². The van der Waals surface area contributed by atoms with Crippen LogP contribution in [0, 0.1) is 0 Å². The lowest BCUT2D eigenvalue weighted by atomic mass is 10.1. The van der Waals surface area contributed by atoms with E-state index in [1.165, 1.54) is 24.3 Å². The number of piperidine rings is 1. The zero-order valence-electron chi connectivity index (χ0n) is 15.6. The second-order valence-electron chi connectivity index (χ2n) is 7.13. The number of amides is 3. The highest BCUT2D eigenvalue weighted by atomic mass is 16.4. The minimum absolute atomic E-state index is 0.0315. The molecule has 2 heterocycles. The van der Waals surface area contributed by atoms with Crippen molar-refractivity contribution >= 4 is 35.1 Å². The summed E-state index contributed by atoms with van der Waals surface area (Å²) < 4.78 is 0. The summed E-state index contributed by atoms with van der Waals surface area (Å²) in [5.41, 5.74) is 6.64. The Kier molecular flexibility index (Phi) is 4.54. The van der Waals surface area contributed by atoms with E-state index in [2.05, 4.69) is 4.90 Å². The Balaban J connectivity index is 1.83. The van der Waals surface area contributed by atoms with Crippen LogP contribution in [0.4, 0.5) is 11.4 Å². The number of carbonyl (C=O) groups excluding carboxylic acids is 3. The number of nitrogens with two attached hydrogens (primary N) is 1. The molecule has 0 unspecified atom stereocenters. The molecule has 2 aliphatic heterocycles. The van der Waals surface area contributed by atoms with Crippen LogP contribution < -0.4 is 15.5 Å². The number of carbonyl (C=O) groups is 4. The molecule has 2 aromatic carbocycles. The summed E-state index contributed by atoms with van der Waals surface area (Å²) in [6.45, 7) is 1.55. The Hall–Kier alpha value is -3.68. The molecule has 0 bridgehead atoms. The van der Waals surface area contributed by atoms with Gasteiger partial charge in [0.2, 0.25) is 5.91 Å². The maximum Gasteiger partial charge on any atom is 0.335 e. The van der Waals surface area contributed by atoms with E-state index in [1.807, 2.05) is 0 Å². The van der Waals surface area contributed by atoms with Gasteiger partial charge in [0.25, 0.3) is 11.8 Å². The first-order valence-electron chi connectivity index (χ1n) is 9.33. The third-order valence-corrected chi connectivity index (χ3v) is 5.33. The highest BCUT2D eigenvalue weighted by molar-refractivity contribution is 6.35. The number of hydrogen-bond acceptors (Lipinski definition) is 5. The number of primary amides is 1. The average Bonchev–Trinajstić information content (AvgIpc) is 2.98. The molecule has 4 rings (SSSR count).